The van der Waals surface area contributed by atoms with E-state index in [9.17, 15) is 18.0 Å². The summed E-state index contributed by atoms with van der Waals surface area (Å²) < 4.78 is 41.4. The van der Waals surface area contributed by atoms with Gasteiger partial charge in [-0.1, -0.05) is 0 Å². The number of primary amides is 1. The van der Waals surface area contributed by atoms with Gasteiger partial charge in [-0.2, -0.15) is 0 Å². The molecule has 1 saturated carbocycles. The number of aromatic nitrogens is 1. The summed E-state index contributed by atoms with van der Waals surface area (Å²) >= 11 is 0. The Labute approximate surface area is 153 Å². The number of benzene rings is 2. The molecule has 4 rings (SSSR count). The second-order valence-electron chi connectivity index (χ2n) is 7.01. The Hall–Kier alpha value is -2.96. The highest BCUT2D eigenvalue weighted by Crippen LogP contribution is 2.48. The second-order valence-corrected chi connectivity index (χ2v) is 7.01. The highest BCUT2D eigenvalue weighted by atomic mass is 19.1. The van der Waals surface area contributed by atoms with Crippen molar-refractivity contribution in [1.82, 2.24) is 10.3 Å². The summed E-state index contributed by atoms with van der Waals surface area (Å²) in [7, 11) is 0. The molecule has 1 aliphatic rings. The van der Waals surface area contributed by atoms with Crippen LogP contribution < -0.4 is 11.1 Å². The highest BCUT2D eigenvalue weighted by molar-refractivity contribution is 5.92. The van der Waals surface area contributed by atoms with Crippen LogP contribution in [0.3, 0.4) is 0 Å². The molecule has 0 bridgehead atoms. The fourth-order valence-corrected chi connectivity index (χ4v) is 3.89. The first-order valence-electron chi connectivity index (χ1n) is 8.72. The van der Waals surface area contributed by atoms with Crippen LogP contribution in [0.4, 0.5) is 18.0 Å². The quantitative estimate of drug-likeness (QED) is 0.623. The van der Waals surface area contributed by atoms with Gasteiger partial charge in [0, 0.05) is 18.0 Å². The monoisotopic (exact) mass is 373 g/mol. The number of hydrogen-bond acceptors (Lipinski definition) is 1. The molecule has 4 N–H and O–H groups in total. The van der Waals surface area contributed by atoms with Gasteiger partial charge in [0.05, 0.1) is 11.2 Å². The lowest BCUT2D eigenvalue weighted by atomic mass is 9.70. The van der Waals surface area contributed by atoms with Crippen LogP contribution in [0.2, 0.25) is 0 Å². The third-order valence-electron chi connectivity index (χ3n) is 5.21. The zero-order valence-electron chi connectivity index (χ0n) is 14.4. The number of nitrogens with two attached hydrogens (primary N) is 1. The van der Waals surface area contributed by atoms with E-state index in [-0.39, 0.29) is 23.2 Å². The molecule has 4 nitrogen and oxygen atoms in total. The van der Waals surface area contributed by atoms with E-state index >= 15 is 0 Å². The van der Waals surface area contributed by atoms with Crippen molar-refractivity contribution in [1.29, 1.82) is 0 Å². The van der Waals surface area contributed by atoms with E-state index in [0.29, 0.717) is 23.2 Å². The standard InChI is InChI=1S/C20H18F3N3O/c21-13-3-1-11(2-4-13)18-17(12-5-10(6-12)9-25-20(24)27)15-7-14(22)8-16(23)19(15)26-18/h1-4,7-8,10,12,26H,5-6,9H2,(H3,24,25,27). The molecule has 27 heavy (non-hydrogen) atoms. The maximum Gasteiger partial charge on any atom is 0.312 e. The zero-order chi connectivity index (χ0) is 19.1. The van der Waals surface area contributed by atoms with E-state index in [4.69, 9.17) is 5.73 Å². The molecule has 3 aromatic rings. The van der Waals surface area contributed by atoms with Gasteiger partial charge in [-0.05, 0) is 66.1 Å². The normalized spacial score (nSPS) is 19.1. The summed E-state index contributed by atoms with van der Waals surface area (Å²) in [5, 5.41) is 3.09. The molecule has 2 aromatic carbocycles. The van der Waals surface area contributed by atoms with E-state index in [1.807, 2.05) is 0 Å². The van der Waals surface area contributed by atoms with E-state index < -0.39 is 17.7 Å². The lowest BCUT2D eigenvalue weighted by Gasteiger charge is -2.36. The topological polar surface area (TPSA) is 70.9 Å². The van der Waals surface area contributed by atoms with Crippen molar-refractivity contribution in [3.8, 4) is 11.3 Å². The van der Waals surface area contributed by atoms with Crippen molar-refractivity contribution in [2.45, 2.75) is 18.8 Å². The number of H-pyrrole nitrogens is 1. The van der Waals surface area contributed by atoms with E-state index in [1.54, 1.807) is 12.1 Å². The molecule has 0 unspecified atom stereocenters. The first-order chi connectivity index (χ1) is 12.9. The fraction of sp³-hybridized carbons (Fsp3) is 0.250. The van der Waals surface area contributed by atoms with Crippen LogP contribution in [0.5, 0.6) is 0 Å². The molecule has 0 atom stereocenters. The number of hydrogen-bond donors (Lipinski definition) is 3. The van der Waals surface area contributed by atoms with Gasteiger partial charge < -0.3 is 16.0 Å². The molecular weight excluding hydrogens is 355 g/mol. The predicted molar refractivity (Wildman–Crippen MR) is 96.7 cm³/mol. The Morgan fingerprint density at radius 3 is 2.48 bits per heavy atom. The minimum atomic E-state index is -0.661. The second kappa shape index (κ2) is 6.64. The number of amides is 2. The number of fused-ring (bicyclic) bond motifs is 1. The molecule has 1 aliphatic carbocycles. The van der Waals surface area contributed by atoms with Crippen LogP contribution in [-0.4, -0.2) is 17.6 Å². The Bertz CT molecular complexity index is 1010. The van der Waals surface area contributed by atoms with Crippen LogP contribution in [0, 0.1) is 23.4 Å². The summed E-state index contributed by atoms with van der Waals surface area (Å²) in [6.45, 7) is 0.475. The Morgan fingerprint density at radius 1 is 1.11 bits per heavy atom. The predicted octanol–water partition coefficient (Wildman–Crippen LogP) is 4.41. The van der Waals surface area contributed by atoms with Gasteiger partial charge in [-0.25, -0.2) is 18.0 Å². The van der Waals surface area contributed by atoms with Crippen LogP contribution in [0.15, 0.2) is 36.4 Å². The van der Waals surface area contributed by atoms with E-state index in [0.717, 1.165) is 24.5 Å². The van der Waals surface area contributed by atoms with Gasteiger partial charge in [-0.15, -0.1) is 0 Å². The number of rotatable bonds is 4. The lowest BCUT2D eigenvalue weighted by molar-refractivity contribution is 0.231. The van der Waals surface area contributed by atoms with Gasteiger partial charge >= 0.3 is 6.03 Å². The van der Waals surface area contributed by atoms with Crippen LogP contribution in [0.25, 0.3) is 22.2 Å². The molecular formula is C20H18F3N3O. The lowest BCUT2D eigenvalue weighted by Crippen LogP contribution is -2.38. The largest absolute Gasteiger partial charge is 0.352 e. The van der Waals surface area contributed by atoms with Crippen LogP contribution in [-0.2, 0) is 0 Å². The smallest absolute Gasteiger partial charge is 0.312 e. The minimum absolute atomic E-state index is 0.0830. The number of aromatic amines is 1. The van der Waals surface area contributed by atoms with Crippen LogP contribution >= 0.6 is 0 Å². The van der Waals surface area contributed by atoms with Crippen molar-refractivity contribution in [3.63, 3.8) is 0 Å². The first-order valence-corrected chi connectivity index (χ1v) is 8.72. The third kappa shape index (κ3) is 3.25. The van der Waals surface area contributed by atoms with Gasteiger partial charge in [0.1, 0.15) is 17.5 Å². The highest BCUT2D eigenvalue weighted by Gasteiger charge is 2.34. The molecule has 0 aliphatic heterocycles. The molecule has 0 spiro atoms. The molecule has 2 amide bonds. The molecule has 7 heteroatoms. The summed E-state index contributed by atoms with van der Waals surface area (Å²) in [6, 6.07) is 7.50. The number of halogens is 3. The van der Waals surface area contributed by atoms with Crippen molar-refractivity contribution < 1.29 is 18.0 Å². The summed E-state index contributed by atoms with van der Waals surface area (Å²) in [6.07, 6.45) is 1.53. The summed E-state index contributed by atoms with van der Waals surface area (Å²) in [4.78, 5) is 13.9. The van der Waals surface area contributed by atoms with Crippen molar-refractivity contribution in [2.24, 2.45) is 11.7 Å². The Balaban J connectivity index is 1.74. The average molecular weight is 373 g/mol. The van der Waals surface area contributed by atoms with E-state index in [2.05, 4.69) is 10.3 Å². The zero-order valence-corrected chi connectivity index (χ0v) is 14.4. The molecule has 1 aromatic heterocycles. The SMILES string of the molecule is NC(=O)NCC1CC(c2c(-c3ccc(F)cc3)[nH]c3c(F)cc(F)cc23)C1. The fourth-order valence-electron chi connectivity index (χ4n) is 3.89. The van der Waals surface area contributed by atoms with Crippen molar-refractivity contribution >= 4 is 16.9 Å². The Kier molecular flexibility index (Phi) is 4.30. The van der Waals surface area contributed by atoms with Gasteiger partial charge in [-0.3, -0.25) is 0 Å². The van der Waals surface area contributed by atoms with E-state index in [1.165, 1.54) is 18.2 Å². The summed E-state index contributed by atoms with van der Waals surface area (Å²) in [5.74, 6) is -1.33. The molecule has 0 radical (unpaired) electrons. The average Bonchev–Trinajstić information content (AvgIpc) is 2.93. The van der Waals surface area contributed by atoms with Crippen molar-refractivity contribution in [2.75, 3.05) is 6.54 Å². The number of carbonyl (C=O) groups is 1. The maximum atomic E-state index is 14.3. The molecule has 140 valence electrons. The number of carbonyl (C=O) groups excluding carboxylic acids is 1. The van der Waals surface area contributed by atoms with Gasteiger partial charge in [0.25, 0.3) is 0 Å². The van der Waals surface area contributed by atoms with Gasteiger partial charge in [0.2, 0.25) is 0 Å². The van der Waals surface area contributed by atoms with Crippen molar-refractivity contribution in [3.05, 3.63) is 59.4 Å². The maximum absolute atomic E-state index is 14.3. The Morgan fingerprint density at radius 2 is 1.81 bits per heavy atom. The molecule has 1 fully saturated rings. The number of nitrogens with one attached hydrogen (secondary N) is 2. The van der Waals surface area contributed by atoms with Gasteiger partial charge in [0.15, 0.2) is 0 Å². The third-order valence-corrected chi connectivity index (χ3v) is 5.21. The molecule has 0 saturated heterocycles. The first kappa shape index (κ1) is 17.5. The number of urea groups is 1. The summed E-state index contributed by atoms with van der Waals surface area (Å²) in [5.41, 5.74) is 7.54. The van der Waals surface area contributed by atoms with Crippen LogP contribution in [0.1, 0.15) is 24.3 Å². The minimum Gasteiger partial charge on any atom is -0.352 e. The molecule has 1 heterocycles.